The van der Waals surface area contributed by atoms with Gasteiger partial charge >= 0.3 is 0 Å². The number of aldehydes is 1. The van der Waals surface area contributed by atoms with Crippen LogP contribution in [0.2, 0.25) is 0 Å². The molecule has 1 aliphatic rings. The number of aryl methyl sites for hydroxylation is 1. The van der Waals surface area contributed by atoms with Gasteiger partial charge in [-0.25, -0.2) is 0 Å². The van der Waals surface area contributed by atoms with Gasteiger partial charge < -0.3 is 4.90 Å². The molecule has 5 rings (SSSR count). The fraction of sp³-hybridized carbons (Fsp3) is 0.444. The van der Waals surface area contributed by atoms with E-state index in [0.717, 1.165) is 44.2 Å². The molecule has 0 N–H and O–H groups in total. The zero-order valence-electron chi connectivity index (χ0n) is 30.4. The molecule has 0 saturated heterocycles. The number of benzene rings is 4. The Kier molecular flexibility index (Phi) is 10.5. The second-order valence-electron chi connectivity index (χ2n) is 15.3. The van der Waals surface area contributed by atoms with Crippen molar-refractivity contribution < 1.29 is 4.79 Å². The van der Waals surface area contributed by atoms with E-state index in [1.807, 2.05) is 12.1 Å². The van der Waals surface area contributed by atoms with E-state index < -0.39 is 0 Å². The van der Waals surface area contributed by atoms with E-state index in [1.165, 1.54) is 70.2 Å². The first-order chi connectivity index (χ1) is 22.5. The number of hydrogen-bond donors (Lipinski definition) is 0. The minimum absolute atomic E-state index is 0.0865. The average Bonchev–Trinajstić information content (AvgIpc) is 3.38. The Labute approximate surface area is 285 Å². The number of unbranched alkanes of at least 4 members (excludes halogenated alkanes) is 3. The number of nitrogens with zero attached hydrogens (tertiary/aromatic N) is 1. The van der Waals surface area contributed by atoms with Crippen LogP contribution in [0, 0.1) is 0 Å². The van der Waals surface area contributed by atoms with Gasteiger partial charge in [0.2, 0.25) is 0 Å². The van der Waals surface area contributed by atoms with Crippen LogP contribution in [0.3, 0.4) is 0 Å². The SMILES string of the molecule is CCCCCCc1cccc(C2(CCN(C)c3ccc(C=O)cc3)c3cc(C(C)(C)CC)ccc3-c3ccc(C(C)(C)CC)cc32)c1. The maximum atomic E-state index is 11.4. The lowest BCUT2D eigenvalue weighted by molar-refractivity contribution is 0.112. The molecule has 0 heterocycles. The van der Waals surface area contributed by atoms with Gasteiger partial charge in [0.15, 0.2) is 0 Å². The molecule has 0 fully saturated rings. The summed E-state index contributed by atoms with van der Waals surface area (Å²) in [7, 11) is 2.19. The molecule has 0 aromatic heterocycles. The highest BCUT2D eigenvalue weighted by Gasteiger charge is 2.46. The Hall–Kier alpha value is -3.65. The third-order valence-corrected chi connectivity index (χ3v) is 11.6. The lowest BCUT2D eigenvalue weighted by atomic mass is 9.67. The first-order valence-electron chi connectivity index (χ1n) is 18.2. The molecule has 0 spiro atoms. The van der Waals surface area contributed by atoms with E-state index in [0.29, 0.717) is 5.56 Å². The Balaban J connectivity index is 1.73. The molecular weight excluding hydrogens is 571 g/mol. The molecule has 4 aromatic carbocycles. The van der Waals surface area contributed by atoms with Crippen LogP contribution in [0.4, 0.5) is 5.69 Å². The van der Waals surface area contributed by atoms with Crippen LogP contribution in [0.15, 0.2) is 84.9 Å². The molecule has 1 aliphatic carbocycles. The van der Waals surface area contributed by atoms with Crippen LogP contribution in [-0.4, -0.2) is 19.9 Å². The second-order valence-corrected chi connectivity index (χ2v) is 15.3. The minimum Gasteiger partial charge on any atom is -0.375 e. The molecule has 47 heavy (non-hydrogen) atoms. The summed E-state index contributed by atoms with van der Waals surface area (Å²) in [5, 5.41) is 0. The van der Waals surface area contributed by atoms with Crippen molar-refractivity contribution in [2.24, 2.45) is 0 Å². The van der Waals surface area contributed by atoms with E-state index in [9.17, 15) is 4.79 Å². The van der Waals surface area contributed by atoms with Crippen molar-refractivity contribution in [1.82, 2.24) is 0 Å². The summed E-state index contributed by atoms with van der Waals surface area (Å²) in [5.41, 5.74) is 13.1. The van der Waals surface area contributed by atoms with E-state index >= 15 is 0 Å². The zero-order valence-corrected chi connectivity index (χ0v) is 30.4. The molecule has 0 saturated carbocycles. The largest absolute Gasteiger partial charge is 0.375 e. The predicted octanol–water partition coefficient (Wildman–Crippen LogP) is 11.8. The number of hydrogen-bond acceptors (Lipinski definition) is 2. The molecule has 2 heteroatoms. The molecule has 0 amide bonds. The zero-order chi connectivity index (χ0) is 33.8. The average molecular weight is 628 g/mol. The van der Waals surface area contributed by atoms with Crippen molar-refractivity contribution >= 4 is 12.0 Å². The molecule has 0 bridgehead atoms. The fourth-order valence-corrected chi connectivity index (χ4v) is 7.40. The van der Waals surface area contributed by atoms with Gasteiger partial charge in [0, 0.05) is 30.3 Å². The maximum absolute atomic E-state index is 11.4. The van der Waals surface area contributed by atoms with Crippen molar-refractivity contribution in [3.63, 3.8) is 0 Å². The Bertz CT molecular complexity index is 1610. The van der Waals surface area contributed by atoms with Gasteiger partial charge in [-0.1, -0.05) is 128 Å². The molecule has 0 radical (unpaired) electrons. The number of rotatable bonds is 15. The first kappa shape index (κ1) is 34.7. The van der Waals surface area contributed by atoms with Gasteiger partial charge in [-0.2, -0.15) is 0 Å². The van der Waals surface area contributed by atoms with Crippen LogP contribution >= 0.6 is 0 Å². The maximum Gasteiger partial charge on any atom is 0.150 e. The highest BCUT2D eigenvalue weighted by atomic mass is 16.1. The summed E-state index contributed by atoms with van der Waals surface area (Å²) < 4.78 is 0. The topological polar surface area (TPSA) is 20.3 Å². The van der Waals surface area contributed by atoms with Gasteiger partial charge in [-0.05, 0) is 112 Å². The van der Waals surface area contributed by atoms with Gasteiger partial charge in [-0.3, -0.25) is 4.79 Å². The molecule has 4 aromatic rings. The van der Waals surface area contributed by atoms with Crippen molar-refractivity contribution in [1.29, 1.82) is 0 Å². The molecule has 0 atom stereocenters. The summed E-state index contributed by atoms with van der Waals surface area (Å²) in [4.78, 5) is 13.7. The van der Waals surface area contributed by atoms with Gasteiger partial charge in [0.05, 0.1) is 0 Å². The minimum atomic E-state index is -0.291. The second kappa shape index (κ2) is 14.2. The highest BCUT2D eigenvalue weighted by molar-refractivity contribution is 5.84. The van der Waals surface area contributed by atoms with Crippen molar-refractivity contribution in [2.75, 3.05) is 18.5 Å². The van der Waals surface area contributed by atoms with E-state index in [-0.39, 0.29) is 16.2 Å². The monoisotopic (exact) mass is 627 g/mol. The van der Waals surface area contributed by atoms with Crippen molar-refractivity contribution in [3.8, 4) is 11.1 Å². The normalized spacial score (nSPS) is 13.7. The van der Waals surface area contributed by atoms with Crippen molar-refractivity contribution in [2.45, 2.75) is 116 Å². The van der Waals surface area contributed by atoms with E-state index in [2.05, 4.69) is 133 Å². The highest BCUT2D eigenvalue weighted by Crippen LogP contribution is 2.56. The van der Waals surface area contributed by atoms with E-state index in [1.54, 1.807) is 0 Å². The summed E-state index contributed by atoms with van der Waals surface area (Å²) in [5.74, 6) is 0. The number of fused-ring (bicyclic) bond motifs is 3. The molecular formula is C45H57NO. The standard InChI is InChI=1S/C45H57NO/c1-9-12-13-14-16-33-17-15-18-37(29-33)45(27-28-46(8)38-23-19-34(32-47)20-24-38)41-30-35(43(4,5)10-2)21-25-39(41)40-26-22-36(31-42(40)45)44(6,7)11-3/h15,17-26,29-32H,9-14,16,27-28H2,1-8H3. The van der Waals surface area contributed by atoms with Crippen LogP contribution in [-0.2, 0) is 22.7 Å². The Morgan fingerprint density at radius 3 is 1.83 bits per heavy atom. The summed E-state index contributed by atoms with van der Waals surface area (Å²) >= 11 is 0. The Morgan fingerprint density at radius 1 is 0.702 bits per heavy atom. The number of anilines is 1. The lowest BCUT2D eigenvalue weighted by Gasteiger charge is -2.37. The Morgan fingerprint density at radius 2 is 1.30 bits per heavy atom. The van der Waals surface area contributed by atoms with Crippen LogP contribution in [0.1, 0.15) is 137 Å². The third kappa shape index (κ3) is 6.85. The smallest absolute Gasteiger partial charge is 0.150 e. The molecule has 0 aliphatic heterocycles. The number of carbonyl (C=O) groups excluding carboxylic acids is 1. The van der Waals surface area contributed by atoms with Gasteiger partial charge in [0.25, 0.3) is 0 Å². The molecule has 248 valence electrons. The van der Waals surface area contributed by atoms with E-state index in [4.69, 9.17) is 0 Å². The molecule has 2 nitrogen and oxygen atoms in total. The van der Waals surface area contributed by atoms with Crippen molar-refractivity contribution in [3.05, 3.63) is 124 Å². The summed E-state index contributed by atoms with van der Waals surface area (Å²) in [6.45, 7) is 17.3. The lowest BCUT2D eigenvalue weighted by Crippen LogP contribution is -2.33. The van der Waals surface area contributed by atoms with Gasteiger partial charge in [-0.15, -0.1) is 0 Å². The first-order valence-corrected chi connectivity index (χ1v) is 18.2. The van der Waals surface area contributed by atoms with Crippen LogP contribution in [0.25, 0.3) is 11.1 Å². The fourth-order valence-electron chi connectivity index (χ4n) is 7.40. The van der Waals surface area contributed by atoms with Crippen LogP contribution < -0.4 is 4.90 Å². The quantitative estimate of drug-likeness (QED) is 0.0965. The number of carbonyl (C=O) groups is 1. The molecule has 0 unspecified atom stereocenters. The summed E-state index contributed by atoms with van der Waals surface area (Å²) in [6, 6.07) is 32.3. The summed E-state index contributed by atoms with van der Waals surface area (Å²) in [6.07, 6.45) is 10.3. The third-order valence-electron chi connectivity index (χ3n) is 11.6. The van der Waals surface area contributed by atoms with Gasteiger partial charge in [0.1, 0.15) is 6.29 Å². The van der Waals surface area contributed by atoms with Crippen LogP contribution in [0.5, 0.6) is 0 Å². The predicted molar refractivity (Wildman–Crippen MR) is 202 cm³/mol.